The average molecular weight is 355 g/mol. The highest BCUT2D eigenvalue weighted by Crippen LogP contribution is 2.12. The largest absolute Gasteiger partial charge is 0.394 e. The molecule has 0 rings (SSSR count). The van der Waals surface area contributed by atoms with Gasteiger partial charge in [-0.2, -0.15) is 0 Å². The van der Waals surface area contributed by atoms with Crippen LogP contribution in [0.15, 0.2) is 34.9 Å². The maximum Gasteiger partial charge on any atom is 0.105 e. The lowest BCUT2D eigenvalue weighted by Gasteiger charge is -2.15. The lowest BCUT2D eigenvalue weighted by molar-refractivity contribution is -0.0568. The fraction of sp³-hybridized carbons (Fsp3) is 0.714. The normalized spacial score (nSPS) is 15.2. The van der Waals surface area contributed by atoms with Gasteiger partial charge >= 0.3 is 0 Å². The SMILES string of the molecule is CC(C)=CCCC(C)=CCCC(C)=CCCCOC[C@H](O)[C@H](O)CO. The molecule has 0 saturated heterocycles. The second-order valence-corrected chi connectivity index (χ2v) is 6.99. The van der Waals surface area contributed by atoms with Gasteiger partial charge in [-0.1, -0.05) is 34.9 Å². The number of aliphatic hydroxyl groups is 3. The van der Waals surface area contributed by atoms with Gasteiger partial charge < -0.3 is 20.1 Å². The molecule has 4 nitrogen and oxygen atoms in total. The van der Waals surface area contributed by atoms with Gasteiger partial charge in [-0.15, -0.1) is 0 Å². The van der Waals surface area contributed by atoms with Gasteiger partial charge in [-0.25, -0.2) is 0 Å². The molecule has 0 aromatic rings. The summed E-state index contributed by atoms with van der Waals surface area (Å²) in [6, 6.07) is 0. The molecular formula is C21H38O4. The second-order valence-electron chi connectivity index (χ2n) is 6.99. The van der Waals surface area contributed by atoms with E-state index in [0.29, 0.717) is 6.61 Å². The van der Waals surface area contributed by atoms with E-state index in [1.807, 2.05) is 0 Å². The summed E-state index contributed by atoms with van der Waals surface area (Å²) < 4.78 is 5.30. The summed E-state index contributed by atoms with van der Waals surface area (Å²) in [5.74, 6) is 0. The molecule has 2 atom stereocenters. The van der Waals surface area contributed by atoms with E-state index in [0.717, 1.165) is 38.5 Å². The molecule has 0 amide bonds. The minimum absolute atomic E-state index is 0.0568. The van der Waals surface area contributed by atoms with Crippen molar-refractivity contribution in [3.63, 3.8) is 0 Å². The van der Waals surface area contributed by atoms with Gasteiger partial charge in [0.25, 0.3) is 0 Å². The van der Waals surface area contributed by atoms with Crippen LogP contribution in [0.3, 0.4) is 0 Å². The van der Waals surface area contributed by atoms with Gasteiger partial charge in [-0.05, 0) is 66.2 Å². The summed E-state index contributed by atoms with van der Waals surface area (Å²) in [6.45, 7) is 8.79. The molecule has 0 aliphatic carbocycles. The fourth-order valence-electron chi connectivity index (χ4n) is 2.31. The minimum atomic E-state index is -1.12. The molecule has 146 valence electrons. The first-order valence-corrected chi connectivity index (χ1v) is 9.36. The van der Waals surface area contributed by atoms with Gasteiger partial charge in [0.1, 0.15) is 12.2 Å². The van der Waals surface area contributed by atoms with Crippen LogP contribution in [0.5, 0.6) is 0 Å². The second kappa shape index (κ2) is 15.3. The average Bonchev–Trinajstić information content (AvgIpc) is 2.56. The number of allylic oxidation sites excluding steroid dienone is 6. The van der Waals surface area contributed by atoms with Crippen LogP contribution in [0.25, 0.3) is 0 Å². The van der Waals surface area contributed by atoms with Crippen molar-refractivity contribution in [2.75, 3.05) is 19.8 Å². The summed E-state index contributed by atoms with van der Waals surface area (Å²) in [7, 11) is 0. The Morgan fingerprint density at radius 2 is 1.40 bits per heavy atom. The summed E-state index contributed by atoms with van der Waals surface area (Å²) in [5.41, 5.74) is 4.24. The van der Waals surface area contributed by atoms with E-state index in [-0.39, 0.29) is 6.61 Å². The zero-order chi connectivity index (χ0) is 19.1. The number of hydrogen-bond donors (Lipinski definition) is 3. The zero-order valence-corrected chi connectivity index (χ0v) is 16.5. The highest BCUT2D eigenvalue weighted by molar-refractivity contribution is 5.05. The van der Waals surface area contributed by atoms with Crippen LogP contribution in [0.1, 0.15) is 66.2 Å². The van der Waals surface area contributed by atoms with Crippen molar-refractivity contribution in [1.29, 1.82) is 0 Å². The number of aliphatic hydroxyl groups excluding tert-OH is 3. The van der Waals surface area contributed by atoms with E-state index in [1.54, 1.807) is 0 Å². The van der Waals surface area contributed by atoms with Crippen LogP contribution in [0.2, 0.25) is 0 Å². The molecule has 0 aliphatic heterocycles. The molecule has 0 saturated carbocycles. The van der Waals surface area contributed by atoms with Crippen LogP contribution < -0.4 is 0 Å². The van der Waals surface area contributed by atoms with Crippen molar-refractivity contribution in [3.8, 4) is 0 Å². The molecule has 4 heteroatoms. The Labute approximate surface area is 153 Å². The number of ether oxygens (including phenoxy) is 1. The Morgan fingerprint density at radius 3 is 1.96 bits per heavy atom. The summed E-state index contributed by atoms with van der Waals surface area (Å²) >= 11 is 0. The molecular weight excluding hydrogens is 316 g/mol. The Balaban J connectivity index is 3.76. The van der Waals surface area contributed by atoms with E-state index >= 15 is 0 Å². The number of hydrogen-bond acceptors (Lipinski definition) is 4. The molecule has 0 aliphatic rings. The fourth-order valence-corrected chi connectivity index (χ4v) is 2.31. The van der Waals surface area contributed by atoms with Crippen molar-refractivity contribution in [2.24, 2.45) is 0 Å². The molecule has 0 fully saturated rings. The summed E-state index contributed by atoms with van der Waals surface area (Å²) in [6.07, 6.45) is 11.0. The van der Waals surface area contributed by atoms with Crippen LogP contribution in [-0.2, 0) is 4.74 Å². The van der Waals surface area contributed by atoms with E-state index in [4.69, 9.17) is 9.84 Å². The lowest BCUT2D eigenvalue weighted by Crippen LogP contribution is -2.33. The maximum absolute atomic E-state index is 9.43. The Hall–Kier alpha value is -0.940. The topological polar surface area (TPSA) is 69.9 Å². The first kappa shape index (κ1) is 24.1. The first-order valence-electron chi connectivity index (χ1n) is 9.36. The van der Waals surface area contributed by atoms with Crippen molar-refractivity contribution in [2.45, 2.75) is 78.4 Å². The zero-order valence-electron chi connectivity index (χ0n) is 16.5. The van der Waals surface area contributed by atoms with Crippen molar-refractivity contribution in [1.82, 2.24) is 0 Å². The van der Waals surface area contributed by atoms with Crippen LogP contribution in [-0.4, -0.2) is 47.3 Å². The van der Waals surface area contributed by atoms with Crippen LogP contribution >= 0.6 is 0 Å². The quantitative estimate of drug-likeness (QED) is 0.327. The van der Waals surface area contributed by atoms with E-state index in [9.17, 15) is 10.2 Å². The highest BCUT2D eigenvalue weighted by atomic mass is 16.5. The molecule has 0 bridgehead atoms. The van der Waals surface area contributed by atoms with Gasteiger partial charge in [-0.3, -0.25) is 0 Å². The van der Waals surface area contributed by atoms with Crippen molar-refractivity contribution >= 4 is 0 Å². The lowest BCUT2D eigenvalue weighted by atomic mass is 10.1. The minimum Gasteiger partial charge on any atom is -0.394 e. The van der Waals surface area contributed by atoms with Crippen LogP contribution in [0, 0.1) is 0 Å². The number of unbranched alkanes of at least 4 members (excludes halogenated alkanes) is 1. The molecule has 0 radical (unpaired) electrons. The van der Waals surface area contributed by atoms with Gasteiger partial charge in [0.15, 0.2) is 0 Å². The van der Waals surface area contributed by atoms with E-state index < -0.39 is 18.8 Å². The van der Waals surface area contributed by atoms with Gasteiger partial charge in [0, 0.05) is 6.61 Å². The van der Waals surface area contributed by atoms with Crippen LogP contribution in [0.4, 0.5) is 0 Å². The molecule has 0 aromatic carbocycles. The predicted octanol–water partition coefficient (Wildman–Crippen LogP) is 3.92. The van der Waals surface area contributed by atoms with Gasteiger partial charge in [0.05, 0.1) is 13.2 Å². The van der Waals surface area contributed by atoms with Crippen molar-refractivity contribution in [3.05, 3.63) is 34.9 Å². The summed E-state index contributed by atoms with van der Waals surface area (Å²) in [5, 5.41) is 27.3. The summed E-state index contributed by atoms with van der Waals surface area (Å²) in [4.78, 5) is 0. The smallest absolute Gasteiger partial charge is 0.105 e. The monoisotopic (exact) mass is 354 g/mol. The third kappa shape index (κ3) is 15.1. The van der Waals surface area contributed by atoms with E-state index in [2.05, 4.69) is 45.9 Å². The standard InChI is InChI=1S/C21H38O4/c1-17(2)9-7-11-19(4)13-8-12-18(3)10-5-6-14-25-16-21(24)20(23)15-22/h9-10,13,20-24H,5-8,11-12,14-16H2,1-4H3/t20-,21+/m1/s1. The van der Waals surface area contributed by atoms with Crippen molar-refractivity contribution < 1.29 is 20.1 Å². The van der Waals surface area contributed by atoms with E-state index in [1.165, 1.54) is 16.7 Å². The molecule has 0 aromatic heterocycles. The maximum atomic E-state index is 9.43. The van der Waals surface area contributed by atoms with Gasteiger partial charge in [0.2, 0.25) is 0 Å². The third-order valence-corrected chi connectivity index (χ3v) is 4.03. The predicted molar refractivity (Wildman–Crippen MR) is 105 cm³/mol. The molecule has 0 heterocycles. The Morgan fingerprint density at radius 1 is 0.840 bits per heavy atom. The first-order chi connectivity index (χ1) is 11.9. The third-order valence-electron chi connectivity index (χ3n) is 4.03. The Kier molecular flexibility index (Phi) is 14.7. The number of rotatable bonds is 14. The molecule has 0 spiro atoms. The molecule has 3 N–H and O–H groups in total. The molecule has 25 heavy (non-hydrogen) atoms. The molecule has 0 unspecified atom stereocenters. The Bertz CT molecular complexity index is 420. The highest BCUT2D eigenvalue weighted by Gasteiger charge is 2.14.